The Balaban J connectivity index is 0.000000921. The summed E-state index contributed by atoms with van der Waals surface area (Å²) < 4.78 is 0. The van der Waals surface area contributed by atoms with E-state index in [1.165, 1.54) is 6.08 Å². The van der Waals surface area contributed by atoms with Crippen molar-refractivity contribution < 1.29 is 4.79 Å². The highest BCUT2D eigenvalue weighted by Gasteiger charge is 1.99. The number of nitrogens with one attached hydrogen (secondary N) is 1. The Morgan fingerprint density at radius 1 is 1.33 bits per heavy atom. The van der Waals surface area contributed by atoms with Gasteiger partial charge < -0.3 is 11.1 Å². The molecule has 3 heteroatoms. The molecule has 0 aliphatic heterocycles. The smallest absolute Gasteiger partial charge is 0.248 e. The lowest BCUT2D eigenvalue weighted by molar-refractivity contribution is -0.111. The second-order valence-corrected chi connectivity index (χ2v) is 2.58. The van der Waals surface area contributed by atoms with Crippen LogP contribution in [-0.2, 0) is 4.79 Å². The normalized spacial score (nSPS) is 9.27. The number of benzene rings is 1. The van der Waals surface area contributed by atoms with E-state index in [1.54, 1.807) is 25.1 Å². The Morgan fingerprint density at radius 3 is 2.47 bits per heavy atom. The first-order chi connectivity index (χ1) is 7.24. The SMILES string of the molecule is C/C=C/C(=O)Nc1ccccc1N.CC. The minimum absolute atomic E-state index is 0.166. The first-order valence-corrected chi connectivity index (χ1v) is 5.02. The van der Waals surface area contributed by atoms with Crippen LogP contribution < -0.4 is 11.1 Å². The predicted octanol–water partition coefficient (Wildman–Crippen LogP) is 2.81. The van der Waals surface area contributed by atoms with Crippen LogP contribution in [-0.4, -0.2) is 5.91 Å². The number of nitrogen functional groups attached to an aromatic ring is 1. The number of hydrogen-bond acceptors (Lipinski definition) is 2. The summed E-state index contributed by atoms with van der Waals surface area (Å²) in [6, 6.07) is 7.14. The molecule has 0 radical (unpaired) electrons. The third-order valence-corrected chi connectivity index (χ3v) is 1.54. The van der Waals surface area contributed by atoms with Crippen LogP contribution in [0.1, 0.15) is 20.8 Å². The lowest BCUT2D eigenvalue weighted by Crippen LogP contribution is -2.09. The molecule has 0 fully saturated rings. The highest BCUT2D eigenvalue weighted by atomic mass is 16.1. The Labute approximate surface area is 91.0 Å². The van der Waals surface area contributed by atoms with E-state index in [2.05, 4.69) is 5.32 Å². The molecule has 0 spiro atoms. The van der Waals surface area contributed by atoms with Crippen molar-refractivity contribution >= 4 is 17.3 Å². The number of hydrogen-bond donors (Lipinski definition) is 2. The summed E-state index contributed by atoms with van der Waals surface area (Å²) in [5.41, 5.74) is 6.84. The van der Waals surface area contributed by atoms with Crippen molar-refractivity contribution in [3.8, 4) is 0 Å². The molecule has 1 amide bonds. The maximum absolute atomic E-state index is 11.1. The molecule has 0 aliphatic rings. The van der Waals surface area contributed by atoms with Crippen LogP contribution in [0.15, 0.2) is 36.4 Å². The Hall–Kier alpha value is -1.77. The summed E-state index contributed by atoms with van der Waals surface area (Å²) in [6.45, 7) is 5.79. The minimum Gasteiger partial charge on any atom is -0.397 e. The molecule has 3 N–H and O–H groups in total. The van der Waals surface area contributed by atoms with Crippen molar-refractivity contribution in [2.75, 3.05) is 11.1 Å². The zero-order chi connectivity index (χ0) is 11.7. The number of rotatable bonds is 2. The van der Waals surface area contributed by atoms with Gasteiger partial charge in [0.25, 0.3) is 0 Å². The summed E-state index contributed by atoms with van der Waals surface area (Å²) in [7, 11) is 0. The fourth-order valence-corrected chi connectivity index (χ4v) is 0.937. The van der Waals surface area contributed by atoms with Gasteiger partial charge in [0, 0.05) is 0 Å². The highest BCUT2D eigenvalue weighted by Crippen LogP contribution is 2.16. The monoisotopic (exact) mass is 206 g/mol. The molecule has 0 saturated carbocycles. The van der Waals surface area contributed by atoms with Crippen LogP contribution >= 0.6 is 0 Å². The van der Waals surface area contributed by atoms with Gasteiger partial charge in [0.05, 0.1) is 11.4 Å². The molecule has 0 heterocycles. The number of para-hydroxylation sites is 2. The third kappa shape index (κ3) is 4.86. The second-order valence-electron chi connectivity index (χ2n) is 2.58. The zero-order valence-corrected chi connectivity index (χ0v) is 9.45. The van der Waals surface area contributed by atoms with E-state index in [4.69, 9.17) is 5.73 Å². The number of nitrogens with two attached hydrogens (primary N) is 1. The maximum Gasteiger partial charge on any atom is 0.248 e. The molecule has 0 aliphatic carbocycles. The van der Waals surface area contributed by atoms with E-state index in [-0.39, 0.29) is 5.91 Å². The van der Waals surface area contributed by atoms with Crippen molar-refractivity contribution in [2.45, 2.75) is 20.8 Å². The molecule has 0 atom stereocenters. The van der Waals surface area contributed by atoms with Gasteiger partial charge in [-0.25, -0.2) is 0 Å². The quantitative estimate of drug-likeness (QED) is 0.577. The Kier molecular flexibility index (Phi) is 6.72. The van der Waals surface area contributed by atoms with E-state index in [9.17, 15) is 4.79 Å². The fourth-order valence-electron chi connectivity index (χ4n) is 0.937. The summed E-state index contributed by atoms with van der Waals surface area (Å²) in [4.78, 5) is 11.1. The Morgan fingerprint density at radius 2 is 1.93 bits per heavy atom. The van der Waals surface area contributed by atoms with Gasteiger partial charge in [-0.2, -0.15) is 0 Å². The molecule has 0 aromatic heterocycles. The minimum atomic E-state index is -0.166. The largest absolute Gasteiger partial charge is 0.397 e. The molecular formula is C12H18N2O. The molecule has 0 bridgehead atoms. The van der Waals surface area contributed by atoms with E-state index in [0.717, 1.165) is 0 Å². The molecule has 1 rings (SSSR count). The van der Waals surface area contributed by atoms with Crippen molar-refractivity contribution in [2.24, 2.45) is 0 Å². The number of anilines is 2. The van der Waals surface area contributed by atoms with E-state index >= 15 is 0 Å². The number of allylic oxidation sites excluding steroid dienone is 1. The number of carbonyl (C=O) groups is 1. The topological polar surface area (TPSA) is 55.1 Å². The number of amides is 1. The van der Waals surface area contributed by atoms with Gasteiger partial charge in [0.1, 0.15) is 0 Å². The van der Waals surface area contributed by atoms with Crippen LogP contribution in [0.3, 0.4) is 0 Å². The fraction of sp³-hybridized carbons (Fsp3) is 0.250. The average Bonchev–Trinajstić information content (AvgIpc) is 2.25. The van der Waals surface area contributed by atoms with Gasteiger partial charge in [0.15, 0.2) is 0 Å². The molecule has 0 unspecified atom stereocenters. The molecule has 0 saturated heterocycles. The van der Waals surface area contributed by atoms with Gasteiger partial charge >= 0.3 is 0 Å². The molecule has 1 aromatic rings. The molecular weight excluding hydrogens is 188 g/mol. The molecule has 15 heavy (non-hydrogen) atoms. The summed E-state index contributed by atoms with van der Waals surface area (Å²) in [5.74, 6) is -0.166. The molecule has 82 valence electrons. The first-order valence-electron chi connectivity index (χ1n) is 5.02. The van der Waals surface area contributed by atoms with Crippen LogP contribution in [0.5, 0.6) is 0 Å². The summed E-state index contributed by atoms with van der Waals surface area (Å²) in [5, 5.41) is 2.66. The van der Waals surface area contributed by atoms with Gasteiger partial charge in [0.2, 0.25) is 5.91 Å². The van der Waals surface area contributed by atoms with Crippen LogP contribution in [0.25, 0.3) is 0 Å². The molecule has 1 aromatic carbocycles. The maximum atomic E-state index is 11.1. The van der Waals surface area contributed by atoms with Crippen molar-refractivity contribution in [3.63, 3.8) is 0 Å². The predicted molar refractivity (Wildman–Crippen MR) is 65.6 cm³/mol. The first kappa shape index (κ1) is 13.2. The summed E-state index contributed by atoms with van der Waals surface area (Å²) in [6.07, 6.45) is 3.13. The second kappa shape index (κ2) is 7.62. The average molecular weight is 206 g/mol. The lowest BCUT2D eigenvalue weighted by atomic mass is 10.2. The van der Waals surface area contributed by atoms with Crippen molar-refractivity contribution in [1.82, 2.24) is 0 Å². The van der Waals surface area contributed by atoms with E-state index in [0.29, 0.717) is 11.4 Å². The zero-order valence-electron chi connectivity index (χ0n) is 9.45. The standard InChI is InChI=1S/C10H12N2O.C2H6/c1-2-5-10(13)12-9-7-4-3-6-8(9)11;1-2/h2-7H,11H2,1H3,(H,12,13);1-2H3/b5-2+;. The highest BCUT2D eigenvalue weighted by molar-refractivity contribution is 6.01. The van der Waals surface area contributed by atoms with E-state index in [1.807, 2.05) is 26.0 Å². The Bertz CT molecular complexity index is 332. The van der Waals surface area contributed by atoms with Gasteiger partial charge in [-0.15, -0.1) is 0 Å². The lowest BCUT2D eigenvalue weighted by Gasteiger charge is -2.04. The third-order valence-electron chi connectivity index (χ3n) is 1.54. The summed E-state index contributed by atoms with van der Waals surface area (Å²) >= 11 is 0. The van der Waals surface area contributed by atoms with Crippen LogP contribution in [0, 0.1) is 0 Å². The van der Waals surface area contributed by atoms with Crippen molar-refractivity contribution in [1.29, 1.82) is 0 Å². The van der Waals surface area contributed by atoms with E-state index < -0.39 is 0 Å². The van der Waals surface area contributed by atoms with Gasteiger partial charge in [-0.3, -0.25) is 4.79 Å². The molecule has 3 nitrogen and oxygen atoms in total. The number of carbonyl (C=O) groups excluding carboxylic acids is 1. The van der Waals surface area contributed by atoms with Crippen molar-refractivity contribution in [3.05, 3.63) is 36.4 Å². The van der Waals surface area contributed by atoms with Crippen LogP contribution in [0.4, 0.5) is 11.4 Å². The van der Waals surface area contributed by atoms with Gasteiger partial charge in [-0.05, 0) is 25.1 Å². The van der Waals surface area contributed by atoms with Crippen LogP contribution in [0.2, 0.25) is 0 Å². The van der Waals surface area contributed by atoms with Gasteiger partial charge in [-0.1, -0.05) is 32.1 Å².